The van der Waals surface area contributed by atoms with Gasteiger partial charge in [0.2, 0.25) is 5.91 Å². The van der Waals surface area contributed by atoms with Crippen LogP contribution in [0.4, 0.5) is 0 Å². The molecule has 0 radical (unpaired) electrons. The van der Waals surface area contributed by atoms with Crippen LogP contribution in [0, 0.1) is 0 Å². The molecule has 140 valence electrons. The lowest BCUT2D eigenvalue weighted by molar-refractivity contribution is -0.132. The normalized spacial score (nSPS) is 23.6. The van der Waals surface area contributed by atoms with E-state index in [1.807, 2.05) is 25.5 Å². The van der Waals surface area contributed by atoms with Crippen LogP contribution in [0.1, 0.15) is 51.3 Å². The van der Waals surface area contributed by atoms with Gasteiger partial charge in [-0.1, -0.05) is 18.7 Å². The molecule has 2 aliphatic rings. The molecule has 1 saturated heterocycles. The molecule has 0 spiro atoms. The standard InChI is InChI=1S/C16H26N4O3S2/c1-4-11(2)20(13-7-8-25(22,23)10-13)14(21)9-24-16-18-17-15(19(16)3)12-5-6-12/h11-13H,4-10H2,1-3H3/t11-,13-/m0/s1. The smallest absolute Gasteiger partial charge is 0.233 e. The first-order valence-electron chi connectivity index (χ1n) is 8.86. The second-order valence-corrected chi connectivity index (χ2v) is 10.2. The monoisotopic (exact) mass is 386 g/mol. The highest BCUT2D eigenvalue weighted by Gasteiger charge is 2.36. The van der Waals surface area contributed by atoms with Gasteiger partial charge >= 0.3 is 0 Å². The van der Waals surface area contributed by atoms with Crippen molar-refractivity contribution < 1.29 is 13.2 Å². The van der Waals surface area contributed by atoms with Gasteiger partial charge in [-0.15, -0.1) is 10.2 Å². The molecule has 1 aliphatic heterocycles. The van der Waals surface area contributed by atoms with Gasteiger partial charge in [0.1, 0.15) is 5.82 Å². The van der Waals surface area contributed by atoms with E-state index in [1.165, 1.54) is 11.8 Å². The fraction of sp³-hybridized carbons (Fsp3) is 0.812. The van der Waals surface area contributed by atoms with Gasteiger partial charge in [0.05, 0.1) is 17.3 Å². The fourth-order valence-electron chi connectivity index (χ4n) is 3.35. The van der Waals surface area contributed by atoms with E-state index in [-0.39, 0.29) is 35.2 Å². The molecule has 2 atom stereocenters. The molecule has 0 unspecified atom stereocenters. The molecular weight excluding hydrogens is 360 g/mol. The van der Waals surface area contributed by atoms with Gasteiger partial charge in [-0.3, -0.25) is 4.79 Å². The molecule has 0 aromatic carbocycles. The molecule has 1 aliphatic carbocycles. The zero-order valence-corrected chi connectivity index (χ0v) is 16.6. The van der Waals surface area contributed by atoms with Gasteiger partial charge in [0.15, 0.2) is 15.0 Å². The number of carbonyl (C=O) groups excluding carboxylic acids is 1. The first-order chi connectivity index (χ1) is 11.8. The summed E-state index contributed by atoms with van der Waals surface area (Å²) < 4.78 is 25.6. The van der Waals surface area contributed by atoms with Crippen LogP contribution in [0.25, 0.3) is 0 Å². The molecule has 7 nitrogen and oxygen atoms in total. The van der Waals surface area contributed by atoms with E-state index in [4.69, 9.17) is 0 Å². The van der Waals surface area contributed by atoms with Crippen molar-refractivity contribution in [3.05, 3.63) is 5.82 Å². The van der Waals surface area contributed by atoms with Crippen LogP contribution >= 0.6 is 11.8 Å². The number of sulfone groups is 1. The number of hydrogen-bond acceptors (Lipinski definition) is 6. The maximum atomic E-state index is 12.8. The maximum absolute atomic E-state index is 12.8. The van der Waals surface area contributed by atoms with E-state index in [2.05, 4.69) is 10.2 Å². The Kier molecular flexibility index (Phi) is 5.43. The topological polar surface area (TPSA) is 85.2 Å². The highest BCUT2D eigenvalue weighted by Crippen LogP contribution is 2.39. The quantitative estimate of drug-likeness (QED) is 0.662. The molecule has 3 rings (SSSR count). The minimum absolute atomic E-state index is 0.0163. The summed E-state index contributed by atoms with van der Waals surface area (Å²) in [6.45, 7) is 4.01. The van der Waals surface area contributed by atoms with Crippen molar-refractivity contribution in [2.45, 2.75) is 62.7 Å². The molecule has 0 bridgehead atoms. The largest absolute Gasteiger partial charge is 0.335 e. The van der Waals surface area contributed by atoms with Crippen LogP contribution in [0.15, 0.2) is 5.16 Å². The molecule has 25 heavy (non-hydrogen) atoms. The minimum atomic E-state index is -3.02. The van der Waals surface area contributed by atoms with Crippen molar-refractivity contribution in [3.63, 3.8) is 0 Å². The summed E-state index contributed by atoms with van der Waals surface area (Å²) in [7, 11) is -1.08. The number of hydrogen-bond donors (Lipinski definition) is 0. The van der Waals surface area contributed by atoms with E-state index in [9.17, 15) is 13.2 Å². The summed E-state index contributed by atoms with van der Waals surface area (Å²) >= 11 is 1.38. The van der Waals surface area contributed by atoms with Crippen LogP contribution in [-0.4, -0.2) is 63.3 Å². The summed E-state index contributed by atoms with van der Waals surface area (Å²) in [5.41, 5.74) is 0. The third kappa shape index (κ3) is 4.19. The Labute approximate surface area is 153 Å². The summed E-state index contributed by atoms with van der Waals surface area (Å²) in [6, 6.07) is -0.164. The van der Waals surface area contributed by atoms with Crippen LogP contribution in [0.2, 0.25) is 0 Å². The van der Waals surface area contributed by atoms with Crippen molar-refractivity contribution in [3.8, 4) is 0 Å². The van der Waals surface area contributed by atoms with E-state index >= 15 is 0 Å². The summed E-state index contributed by atoms with van der Waals surface area (Å²) in [4.78, 5) is 14.6. The molecule has 1 amide bonds. The van der Waals surface area contributed by atoms with Crippen molar-refractivity contribution >= 4 is 27.5 Å². The van der Waals surface area contributed by atoms with Gasteiger partial charge in [-0.25, -0.2) is 8.42 Å². The molecule has 1 aromatic heterocycles. The van der Waals surface area contributed by atoms with Crippen LogP contribution < -0.4 is 0 Å². The van der Waals surface area contributed by atoms with Crippen LogP contribution in [-0.2, 0) is 21.7 Å². The molecule has 1 aromatic rings. The Balaban J connectivity index is 1.66. The summed E-state index contributed by atoms with van der Waals surface area (Å²) in [6.07, 6.45) is 3.67. The Morgan fingerprint density at radius 1 is 1.36 bits per heavy atom. The number of thioether (sulfide) groups is 1. The van der Waals surface area contributed by atoms with Gasteiger partial charge < -0.3 is 9.47 Å². The second kappa shape index (κ2) is 7.26. The third-order valence-electron chi connectivity index (χ3n) is 5.09. The molecule has 9 heteroatoms. The highest BCUT2D eigenvalue weighted by atomic mass is 32.2. The van der Waals surface area contributed by atoms with E-state index in [0.29, 0.717) is 12.3 Å². The third-order valence-corrected chi connectivity index (χ3v) is 7.85. The zero-order chi connectivity index (χ0) is 18.2. The van der Waals surface area contributed by atoms with Gasteiger partial charge in [0.25, 0.3) is 0 Å². The Morgan fingerprint density at radius 3 is 2.64 bits per heavy atom. The first kappa shape index (κ1) is 18.7. The number of aromatic nitrogens is 3. The Morgan fingerprint density at radius 2 is 2.08 bits per heavy atom. The van der Waals surface area contributed by atoms with E-state index in [0.717, 1.165) is 30.2 Å². The highest BCUT2D eigenvalue weighted by molar-refractivity contribution is 7.99. The average molecular weight is 387 g/mol. The van der Waals surface area contributed by atoms with Crippen molar-refractivity contribution in [1.82, 2.24) is 19.7 Å². The fourth-order valence-corrected chi connectivity index (χ4v) is 5.85. The zero-order valence-electron chi connectivity index (χ0n) is 15.0. The van der Waals surface area contributed by atoms with Crippen LogP contribution in [0.5, 0.6) is 0 Å². The molecule has 1 saturated carbocycles. The predicted molar refractivity (Wildman–Crippen MR) is 97.4 cm³/mol. The predicted octanol–water partition coefficient (Wildman–Crippen LogP) is 1.60. The lowest BCUT2D eigenvalue weighted by Gasteiger charge is -2.33. The Bertz CT molecular complexity index is 743. The molecular formula is C16H26N4O3S2. The molecule has 0 N–H and O–H groups in total. The Hall–Kier alpha value is -1.09. The van der Waals surface area contributed by atoms with E-state index in [1.54, 1.807) is 4.90 Å². The van der Waals surface area contributed by atoms with Crippen molar-refractivity contribution in [2.24, 2.45) is 7.05 Å². The SMILES string of the molecule is CC[C@H](C)N(C(=O)CSc1nnc(C2CC2)n1C)[C@H]1CCS(=O)(=O)C1. The maximum Gasteiger partial charge on any atom is 0.233 e. The number of nitrogens with zero attached hydrogens (tertiary/aromatic N) is 4. The summed E-state index contributed by atoms with van der Waals surface area (Å²) in [5, 5.41) is 9.19. The minimum Gasteiger partial charge on any atom is -0.335 e. The lowest BCUT2D eigenvalue weighted by atomic mass is 10.1. The summed E-state index contributed by atoms with van der Waals surface area (Å²) in [5.74, 6) is 2.02. The number of amides is 1. The van der Waals surface area contributed by atoms with Gasteiger partial charge in [-0.2, -0.15) is 0 Å². The number of rotatable bonds is 7. The average Bonchev–Trinajstić information content (AvgIpc) is 3.25. The van der Waals surface area contributed by atoms with Crippen molar-refractivity contribution in [2.75, 3.05) is 17.3 Å². The van der Waals surface area contributed by atoms with E-state index < -0.39 is 9.84 Å². The van der Waals surface area contributed by atoms with Crippen molar-refractivity contribution in [1.29, 1.82) is 0 Å². The molecule has 2 heterocycles. The number of carbonyl (C=O) groups is 1. The second-order valence-electron chi connectivity index (χ2n) is 7.08. The van der Waals surface area contributed by atoms with Gasteiger partial charge in [-0.05, 0) is 32.6 Å². The lowest BCUT2D eigenvalue weighted by Crippen LogP contribution is -2.47. The van der Waals surface area contributed by atoms with Gasteiger partial charge in [0, 0.05) is 25.0 Å². The van der Waals surface area contributed by atoms with Crippen LogP contribution in [0.3, 0.4) is 0 Å². The molecule has 2 fully saturated rings. The first-order valence-corrected chi connectivity index (χ1v) is 11.7.